The predicted octanol–water partition coefficient (Wildman–Crippen LogP) is 2.88. The summed E-state index contributed by atoms with van der Waals surface area (Å²) in [6, 6.07) is 12.3. The van der Waals surface area contributed by atoms with Crippen LogP contribution in [0.1, 0.15) is 31.1 Å². The smallest absolute Gasteiger partial charge is 0.412 e. The van der Waals surface area contributed by atoms with Crippen LogP contribution in [0.25, 0.3) is 11.1 Å². The summed E-state index contributed by atoms with van der Waals surface area (Å²) in [6.45, 7) is 4.66. The topological polar surface area (TPSA) is 125 Å². The Balaban J connectivity index is 2.03. The molecule has 0 spiro atoms. The van der Waals surface area contributed by atoms with Gasteiger partial charge in [0, 0.05) is 11.3 Å². The van der Waals surface area contributed by atoms with E-state index in [0.29, 0.717) is 5.69 Å². The molecule has 2 aromatic carbocycles. The Kier molecular flexibility index (Phi) is 6.95. The van der Waals surface area contributed by atoms with Gasteiger partial charge in [-0.15, -0.1) is 0 Å². The van der Waals surface area contributed by atoms with Gasteiger partial charge in [-0.25, -0.2) is 9.59 Å². The van der Waals surface area contributed by atoms with Crippen LogP contribution < -0.4 is 10.6 Å². The van der Waals surface area contributed by atoms with Gasteiger partial charge in [0.15, 0.2) is 6.04 Å². The molecule has 0 fully saturated rings. The number of ether oxygens (including phenoxy) is 1. The second-order valence-electron chi connectivity index (χ2n) is 7.33. The highest BCUT2D eigenvalue weighted by molar-refractivity contribution is 5.97. The number of rotatable bonds is 6. The number of hydrogen-bond acceptors (Lipinski definition) is 5. The Hall–Kier alpha value is -3.39. The molecule has 29 heavy (non-hydrogen) atoms. The lowest BCUT2D eigenvalue weighted by Gasteiger charge is -2.19. The van der Waals surface area contributed by atoms with Gasteiger partial charge in [-0.2, -0.15) is 0 Å². The minimum atomic E-state index is -1.35. The van der Waals surface area contributed by atoms with Crippen molar-refractivity contribution in [1.82, 2.24) is 5.32 Å². The standard InChI is InChI=1S/C21H24N2O6/c1-21(2,3)29-20(28)22-16-10-8-14(9-11-16)13-4-6-15(7-5-13)18(25)23-17(12-24)19(26)27/h4-11,17,24H,12H2,1-3H3,(H,22,28)(H,23,25)(H,26,27). The molecule has 4 N–H and O–H groups in total. The molecule has 8 nitrogen and oxygen atoms in total. The number of carbonyl (C=O) groups excluding carboxylic acids is 2. The largest absolute Gasteiger partial charge is 0.480 e. The molecule has 2 aromatic rings. The van der Waals surface area contributed by atoms with E-state index >= 15 is 0 Å². The lowest BCUT2D eigenvalue weighted by atomic mass is 10.0. The molecular weight excluding hydrogens is 376 g/mol. The number of carboxylic acids is 1. The number of aliphatic carboxylic acids is 1. The Labute approximate surface area is 168 Å². The van der Waals surface area contributed by atoms with Gasteiger partial charge in [-0.05, 0) is 56.2 Å². The first-order chi connectivity index (χ1) is 13.6. The SMILES string of the molecule is CC(C)(C)OC(=O)Nc1ccc(-c2ccc(C(=O)NC(CO)C(=O)O)cc2)cc1. The van der Waals surface area contributed by atoms with Crippen molar-refractivity contribution in [3.63, 3.8) is 0 Å². The molecule has 0 aliphatic carbocycles. The first-order valence-electron chi connectivity index (χ1n) is 8.94. The fourth-order valence-corrected chi connectivity index (χ4v) is 2.41. The van der Waals surface area contributed by atoms with E-state index in [1.165, 1.54) is 0 Å². The van der Waals surface area contributed by atoms with Gasteiger partial charge < -0.3 is 20.3 Å². The van der Waals surface area contributed by atoms with Crippen molar-refractivity contribution in [3.8, 4) is 11.1 Å². The number of carbonyl (C=O) groups is 3. The zero-order valence-electron chi connectivity index (χ0n) is 16.4. The molecule has 0 radical (unpaired) electrons. The van der Waals surface area contributed by atoms with Crippen LogP contribution in [0.4, 0.5) is 10.5 Å². The van der Waals surface area contributed by atoms with E-state index < -0.39 is 36.2 Å². The molecule has 0 heterocycles. The zero-order valence-corrected chi connectivity index (χ0v) is 16.4. The molecule has 1 atom stereocenters. The van der Waals surface area contributed by atoms with Crippen molar-refractivity contribution >= 4 is 23.7 Å². The fraction of sp³-hybridized carbons (Fsp3) is 0.286. The first-order valence-corrected chi connectivity index (χ1v) is 8.94. The maximum absolute atomic E-state index is 12.1. The van der Waals surface area contributed by atoms with E-state index in [1.807, 2.05) is 12.1 Å². The fourth-order valence-electron chi connectivity index (χ4n) is 2.41. The second kappa shape index (κ2) is 9.20. The van der Waals surface area contributed by atoms with Crippen LogP contribution in [0, 0.1) is 0 Å². The molecule has 0 aromatic heterocycles. The van der Waals surface area contributed by atoms with E-state index in [4.69, 9.17) is 14.9 Å². The van der Waals surface area contributed by atoms with Gasteiger partial charge in [-0.1, -0.05) is 24.3 Å². The van der Waals surface area contributed by atoms with Gasteiger partial charge in [0.1, 0.15) is 5.60 Å². The lowest BCUT2D eigenvalue weighted by molar-refractivity contribution is -0.140. The van der Waals surface area contributed by atoms with Crippen LogP contribution in [0.3, 0.4) is 0 Å². The summed E-state index contributed by atoms with van der Waals surface area (Å²) in [5.41, 5.74) is 1.98. The third-order valence-electron chi connectivity index (χ3n) is 3.80. The van der Waals surface area contributed by atoms with Crippen molar-refractivity contribution in [2.24, 2.45) is 0 Å². The van der Waals surface area contributed by atoms with Crippen molar-refractivity contribution in [2.75, 3.05) is 11.9 Å². The average molecular weight is 400 g/mol. The summed E-state index contributed by atoms with van der Waals surface area (Å²) in [4.78, 5) is 34.8. The molecule has 2 amide bonds. The molecular formula is C21H24N2O6. The van der Waals surface area contributed by atoms with Crippen molar-refractivity contribution in [2.45, 2.75) is 32.4 Å². The normalized spacial score (nSPS) is 12.0. The molecule has 0 saturated heterocycles. The van der Waals surface area contributed by atoms with Crippen molar-refractivity contribution in [1.29, 1.82) is 0 Å². The molecule has 1 unspecified atom stereocenters. The van der Waals surface area contributed by atoms with Crippen LogP contribution in [-0.2, 0) is 9.53 Å². The van der Waals surface area contributed by atoms with Gasteiger partial charge in [0.25, 0.3) is 5.91 Å². The highest BCUT2D eigenvalue weighted by Crippen LogP contribution is 2.22. The van der Waals surface area contributed by atoms with Crippen LogP contribution >= 0.6 is 0 Å². The minimum Gasteiger partial charge on any atom is -0.480 e. The van der Waals surface area contributed by atoms with E-state index in [1.54, 1.807) is 57.2 Å². The van der Waals surface area contributed by atoms with E-state index in [-0.39, 0.29) is 5.56 Å². The highest BCUT2D eigenvalue weighted by Gasteiger charge is 2.19. The molecule has 2 rings (SSSR count). The van der Waals surface area contributed by atoms with E-state index in [9.17, 15) is 14.4 Å². The average Bonchev–Trinajstić information content (AvgIpc) is 2.65. The minimum absolute atomic E-state index is 0.275. The maximum Gasteiger partial charge on any atom is 0.412 e. The Morgan fingerprint density at radius 2 is 1.48 bits per heavy atom. The summed E-state index contributed by atoms with van der Waals surface area (Å²) in [5.74, 6) is -1.90. The van der Waals surface area contributed by atoms with Crippen LogP contribution in [0.5, 0.6) is 0 Å². The number of aliphatic hydroxyl groups excluding tert-OH is 1. The van der Waals surface area contributed by atoms with Crippen molar-refractivity contribution in [3.05, 3.63) is 54.1 Å². The number of benzene rings is 2. The van der Waals surface area contributed by atoms with Gasteiger partial charge in [0.05, 0.1) is 6.61 Å². The molecule has 8 heteroatoms. The third kappa shape index (κ3) is 6.62. The summed E-state index contributed by atoms with van der Waals surface area (Å²) in [5, 5.41) is 22.8. The third-order valence-corrected chi connectivity index (χ3v) is 3.80. The number of hydrogen-bond donors (Lipinski definition) is 4. The van der Waals surface area contributed by atoms with Crippen LogP contribution in [0.15, 0.2) is 48.5 Å². The number of anilines is 1. The second-order valence-corrected chi connectivity index (χ2v) is 7.33. The quantitative estimate of drug-likeness (QED) is 0.591. The number of nitrogens with one attached hydrogen (secondary N) is 2. The van der Waals surface area contributed by atoms with Gasteiger partial charge in [0.2, 0.25) is 0 Å². The van der Waals surface area contributed by atoms with Gasteiger partial charge >= 0.3 is 12.1 Å². The highest BCUT2D eigenvalue weighted by atomic mass is 16.6. The Morgan fingerprint density at radius 3 is 1.93 bits per heavy atom. The lowest BCUT2D eigenvalue weighted by Crippen LogP contribution is -2.43. The molecule has 0 aliphatic heterocycles. The van der Waals surface area contributed by atoms with Crippen LogP contribution in [-0.4, -0.2) is 46.4 Å². The number of aliphatic hydroxyl groups is 1. The maximum atomic E-state index is 12.1. The zero-order chi connectivity index (χ0) is 21.6. The summed E-state index contributed by atoms with van der Waals surface area (Å²) in [7, 11) is 0. The Morgan fingerprint density at radius 1 is 0.966 bits per heavy atom. The molecule has 0 saturated carbocycles. The van der Waals surface area contributed by atoms with Crippen LogP contribution in [0.2, 0.25) is 0 Å². The predicted molar refractivity (Wildman–Crippen MR) is 108 cm³/mol. The number of amides is 2. The molecule has 0 aliphatic rings. The van der Waals surface area contributed by atoms with Gasteiger partial charge in [-0.3, -0.25) is 10.1 Å². The van der Waals surface area contributed by atoms with Crippen molar-refractivity contribution < 1.29 is 29.3 Å². The van der Waals surface area contributed by atoms with E-state index in [0.717, 1.165) is 11.1 Å². The molecule has 154 valence electrons. The summed E-state index contributed by atoms with van der Waals surface area (Å²) < 4.78 is 5.20. The monoisotopic (exact) mass is 400 g/mol. The first kappa shape index (κ1) is 21.9. The summed E-state index contributed by atoms with van der Waals surface area (Å²) in [6.07, 6.45) is -0.539. The number of carboxylic acid groups (broad SMARTS) is 1. The Bertz CT molecular complexity index is 870. The molecule has 0 bridgehead atoms. The summed E-state index contributed by atoms with van der Waals surface area (Å²) >= 11 is 0. The van der Waals surface area contributed by atoms with E-state index in [2.05, 4.69) is 10.6 Å².